The van der Waals surface area contributed by atoms with Crippen molar-refractivity contribution in [3.05, 3.63) is 23.0 Å². The average Bonchev–Trinajstić information content (AvgIpc) is 2.88. The van der Waals surface area contributed by atoms with Crippen molar-refractivity contribution in [1.29, 1.82) is 0 Å². The van der Waals surface area contributed by atoms with Crippen molar-refractivity contribution < 1.29 is 5.11 Å². The fourth-order valence-electron chi connectivity index (χ4n) is 2.25. The third-order valence-electron chi connectivity index (χ3n) is 3.44. The second-order valence-corrected chi connectivity index (χ2v) is 5.33. The Morgan fingerprint density at radius 2 is 2.07 bits per heavy atom. The lowest BCUT2D eigenvalue weighted by Crippen LogP contribution is -2.40. The summed E-state index contributed by atoms with van der Waals surface area (Å²) in [4.78, 5) is 4.38. The van der Waals surface area contributed by atoms with Crippen LogP contribution in [0.4, 0.5) is 0 Å². The Bertz CT molecular complexity index is 396. The smallest absolute Gasteiger partial charge is 0.141 e. The molecule has 0 atom stereocenters. The Balaban J connectivity index is 2.50. The molecule has 15 heavy (non-hydrogen) atoms. The molecule has 1 aromatic rings. The third kappa shape index (κ3) is 1.68. The monoisotopic (exact) mass is 223 g/mol. The molecule has 1 heterocycles. The molecule has 0 bridgehead atoms. The van der Waals surface area contributed by atoms with Gasteiger partial charge in [-0.1, -0.05) is 23.1 Å². The fourth-order valence-corrected chi connectivity index (χ4v) is 2.40. The number of nitrogens with zero attached hydrogens (tertiary/aromatic N) is 1. The van der Waals surface area contributed by atoms with E-state index in [0.29, 0.717) is 5.15 Å². The normalized spacial score (nSPS) is 18.9. The van der Waals surface area contributed by atoms with E-state index in [9.17, 15) is 5.11 Å². The third-order valence-corrected chi connectivity index (χ3v) is 3.65. The van der Waals surface area contributed by atoms with Crippen LogP contribution in [0.15, 0.2) is 12.1 Å². The van der Waals surface area contributed by atoms with Gasteiger partial charge >= 0.3 is 0 Å². The van der Waals surface area contributed by atoms with Gasteiger partial charge in [0, 0.05) is 11.1 Å². The minimum absolute atomic E-state index is 0.179. The standard InChI is InChI=1S/C11H15BClNO/c1-10(2,15)11(5-6-11)9-7(12)3-4-8(13)14-9/h3-4,15H,5-6,12H2,1-2H3. The topological polar surface area (TPSA) is 33.1 Å². The highest BCUT2D eigenvalue weighted by molar-refractivity contribution is 6.34. The van der Waals surface area contributed by atoms with Crippen LogP contribution in [0.2, 0.25) is 5.15 Å². The zero-order valence-electron chi connectivity index (χ0n) is 9.34. The number of hydrogen-bond donors (Lipinski definition) is 1. The van der Waals surface area contributed by atoms with Gasteiger partial charge in [0.1, 0.15) is 13.0 Å². The summed E-state index contributed by atoms with van der Waals surface area (Å²) < 4.78 is 0. The van der Waals surface area contributed by atoms with Crippen molar-refractivity contribution in [2.75, 3.05) is 0 Å². The highest BCUT2D eigenvalue weighted by Gasteiger charge is 2.56. The van der Waals surface area contributed by atoms with Crippen molar-refractivity contribution in [2.24, 2.45) is 0 Å². The minimum Gasteiger partial charge on any atom is -0.389 e. The van der Waals surface area contributed by atoms with Gasteiger partial charge in [0.2, 0.25) is 0 Å². The van der Waals surface area contributed by atoms with Crippen LogP contribution in [0.1, 0.15) is 32.4 Å². The Morgan fingerprint density at radius 3 is 2.53 bits per heavy atom. The molecular formula is C11H15BClNO. The predicted molar refractivity (Wildman–Crippen MR) is 64.6 cm³/mol. The number of halogens is 1. The molecule has 1 saturated carbocycles. The molecular weight excluding hydrogens is 208 g/mol. The second kappa shape index (κ2) is 3.23. The van der Waals surface area contributed by atoms with E-state index in [4.69, 9.17) is 11.6 Å². The van der Waals surface area contributed by atoms with Crippen LogP contribution in [0, 0.1) is 0 Å². The molecule has 2 nitrogen and oxygen atoms in total. The number of aromatic nitrogens is 1. The van der Waals surface area contributed by atoms with Gasteiger partial charge in [-0.05, 0) is 32.8 Å². The Labute approximate surface area is 96.1 Å². The van der Waals surface area contributed by atoms with Crippen LogP contribution < -0.4 is 5.46 Å². The molecule has 80 valence electrons. The van der Waals surface area contributed by atoms with Gasteiger partial charge in [0.15, 0.2) is 0 Å². The van der Waals surface area contributed by atoms with Crippen LogP contribution in [-0.4, -0.2) is 23.5 Å². The van der Waals surface area contributed by atoms with Crippen molar-refractivity contribution in [3.63, 3.8) is 0 Å². The Morgan fingerprint density at radius 1 is 1.47 bits per heavy atom. The minimum atomic E-state index is -0.727. The van der Waals surface area contributed by atoms with Gasteiger partial charge in [0.25, 0.3) is 0 Å². The number of pyridine rings is 1. The van der Waals surface area contributed by atoms with Crippen molar-refractivity contribution in [3.8, 4) is 0 Å². The Kier molecular flexibility index (Phi) is 2.36. The molecule has 0 saturated heterocycles. The van der Waals surface area contributed by atoms with E-state index in [1.54, 1.807) is 6.07 Å². The first-order valence-corrected chi connectivity index (χ1v) is 5.61. The first-order chi connectivity index (χ1) is 6.87. The van der Waals surface area contributed by atoms with E-state index in [-0.39, 0.29) is 5.41 Å². The molecule has 0 aliphatic heterocycles. The van der Waals surface area contributed by atoms with Gasteiger partial charge in [0.05, 0.1) is 5.60 Å². The lowest BCUT2D eigenvalue weighted by molar-refractivity contribution is 0.0369. The Hall–Kier alpha value is -0.535. The zero-order chi connectivity index (χ0) is 11.3. The summed E-state index contributed by atoms with van der Waals surface area (Å²) in [5.41, 5.74) is 1.17. The summed E-state index contributed by atoms with van der Waals surface area (Å²) in [7, 11) is 2.02. The lowest BCUT2D eigenvalue weighted by atomic mass is 9.78. The molecule has 1 fully saturated rings. The van der Waals surface area contributed by atoms with Gasteiger partial charge in [-0.15, -0.1) is 0 Å². The molecule has 1 aromatic heterocycles. The molecule has 1 aliphatic carbocycles. The van der Waals surface area contributed by atoms with Crippen LogP contribution in [0.3, 0.4) is 0 Å². The maximum Gasteiger partial charge on any atom is 0.141 e. The molecule has 0 unspecified atom stereocenters. The van der Waals surface area contributed by atoms with E-state index >= 15 is 0 Å². The maximum atomic E-state index is 10.2. The van der Waals surface area contributed by atoms with Gasteiger partial charge in [-0.25, -0.2) is 4.98 Å². The molecule has 2 rings (SSSR count). The quantitative estimate of drug-likeness (QED) is 0.594. The van der Waals surface area contributed by atoms with E-state index in [0.717, 1.165) is 24.0 Å². The molecule has 4 heteroatoms. The predicted octanol–water partition coefficient (Wildman–Crippen LogP) is 0.796. The van der Waals surface area contributed by atoms with Crippen LogP contribution in [0.25, 0.3) is 0 Å². The number of rotatable bonds is 2. The molecule has 0 amide bonds. The molecule has 0 radical (unpaired) electrons. The van der Waals surface area contributed by atoms with Crippen molar-refractivity contribution in [1.82, 2.24) is 4.98 Å². The van der Waals surface area contributed by atoms with Crippen LogP contribution in [0.5, 0.6) is 0 Å². The summed E-state index contributed by atoms with van der Waals surface area (Å²) in [6, 6.07) is 3.76. The first-order valence-electron chi connectivity index (χ1n) is 5.23. The summed E-state index contributed by atoms with van der Waals surface area (Å²) in [6.07, 6.45) is 1.98. The number of aliphatic hydroxyl groups is 1. The van der Waals surface area contributed by atoms with E-state index in [1.165, 1.54) is 0 Å². The SMILES string of the molecule is Bc1ccc(Cl)nc1C1(C(C)(C)O)CC1. The maximum absolute atomic E-state index is 10.2. The fraction of sp³-hybridized carbons (Fsp3) is 0.545. The zero-order valence-corrected chi connectivity index (χ0v) is 10.1. The van der Waals surface area contributed by atoms with Crippen molar-refractivity contribution in [2.45, 2.75) is 37.7 Å². The van der Waals surface area contributed by atoms with Gasteiger partial charge in [-0.3, -0.25) is 0 Å². The largest absolute Gasteiger partial charge is 0.389 e. The van der Waals surface area contributed by atoms with E-state index in [2.05, 4.69) is 4.98 Å². The highest BCUT2D eigenvalue weighted by atomic mass is 35.5. The lowest BCUT2D eigenvalue weighted by Gasteiger charge is -2.30. The summed E-state index contributed by atoms with van der Waals surface area (Å²) in [6.45, 7) is 3.70. The van der Waals surface area contributed by atoms with Crippen LogP contribution >= 0.6 is 11.6 Å². The van der Waals surface area contributed by atoms with Crippen molar-refractivity contribution >= 4 is 24.9 Å². The molecule has 0 spiro atoms. The highest BCUT2D eigenvalue weighted by Crippen LogP contribution is 2.54. The summed E-state index contributed by atoms with van der Waals surface area (Å²) in [5.74, 6) is 0. The average molecular weight is 224 g/mol. The molecule has 0 aromatic carbocycles. The van der Waals surface area contributed by atoms with E-state index < -0.39 is 5.60 Å². The molecule has 1 N–H and O–H groups in total. The molecule has 1 aliphatic rings. The number of hydrogen-bond acceptors (Lipinski definition) is 2. The first kappa shape index (κ1) is 11.0. The van der Waals surface area contributed by atoms with E-state index in [1.807, 2.05) is 27.8 Å². The van der Waals surface area contributed by atoms with Crippen LogP contribution in [-0.2, 0) is 5.41 Å². The van der Waals surface area contributed by atoms with Gasteiger partial charge in [-0.2, -0.15) is 0 Å². The van der Waals surface area contributed by atoms with Gasteiger partial charge < -0.3 is 5.11 Å². The summed E-state index contributed by atoms with van der Waals surface area (Å²) >= 11 is 5.91. The summed E-state index contributed by atoms with van der Waals surface area (Å²) in [5, 5.41) is 10.7. The second-order valence-electron chi connectivity index (χ2n) is 4.94.